The smallest absolute Gasteiger partial charge is 0.354 e. The highest BCUT2D eigenvalue weighted by molar-refractivity contribution is 8.00. The van der Waals surface area contributed by atoms with Crippen LogP contribution in [-0.2, 0) is 14.3 Å². The van der Waals surface area contributed by atoms with E-state index in [1.807, 2.05) is 18.2 Å². The molecule has 3 heterocycles. The van der Waals surface area contributed by atoms with E-state index in [2.05, 4.69) is 9.72 Å². The molecule has 1 aromatic heterocycles. The lowest BCUT2D eigenvalue weighted by Crippen LogP contribution is -2.53. The number of aromatic nitrogens is 1. The maximum absolute atomic E-state index is 11.2. The molecule has 2 aliphatic heterocycles. The number of methoxy groups -OCH3 is 1. The van der Waals surface area contributed by atoms with Crippen LogP contribution < -0.4 is 0 Å². The fourth-order valence-electron chi connectivity index (χ4n) is 1.75. The molecule has 1 atom stereocenters. The summed E-state index contributed by atoms with van der Waals surface area (Å²) < 4.78 is 4.58. The molecule has 100 valence electrons. The number of hydrogen-bond donors (Lipinski definition) is 0. The van der Waals surface area contributed by atoms with Crippen LogP contribution in [0.1, 0.15) is 6.42 Å². The molecule has 5 nitrogen and oxygen atoms in total. The highest BCUT2D eigenvalue weighted by Crippen LogP contribution is 2.36. The third-order valence-corrected chi connectivity index (χ3v) is 3.81. The molecule has 1 amide bonds. The zero-order chi connectivity index (χ0) is 13.7. The summed E-state index contributed by atoms with van der Waals surface area (Å²) in [4.78, 5) is 27.7. The second-order valence-corrected chi connectivity index (χ2v) is 5.07. The number of β-lactam (4-membered cyclic amide) rings is 1. The molecule has 0 unspecified atom stereocenters. The van der Waals surface area contributed by atoms with E-state index in [9.17, 15) is 9.59 Å². The maximum atomic E-state index is 11.2. The molecule has 0 aliphatic carbocycles. The van der Waals surface area contributed by atoms with Gasteiger partial charge >= 0.3 is 5.97 Å². The lowest BCUT2D eigenvalue weighted by Gasteiger charge is -2.42. The largest absolute Gasteiger partial charge is 0.464 e. The number of hydrogen-bond acceptors (Lipinski definition) is 5. The fraction of sp³-hybridized carbons (Fsp3) is 0.308. The number of thioether (sulfide) groups is 1. The number of fused-ring (bicyclic) bond motifs is 1. The van der Waals surface area contributed by atoms with Crippen molar-refractivity contribution in [3.05, 3.63) is 42.4 Å². The minimum atomic E-state index is -0.418. The topological polar surface area (TPSA) is 59.5 Å². The quantitative estimate of drug-likeness (QED) is 0.574. The lowest BCUT2D eigenvalue weighted by atomic mass is 10.1. The van der Waals surface area contributed by atoms with Crippen LogP contribution in [0.3, 0.4) is 0 Å². The first-order valence-corrected chi connectivity index (χ1v) is 6.86. The fourth-order valence-corrected chi connectivity index (χ4v) is 2.86. The van der Waals surface area contributed by atoms with Crippen molar-refractivity contribution in [2.24, 2.45) is 0 Å². The van der Waals surface area contributed by atoms with Crippen molar-refractivity contribution in [3.63, 3.8) is 0 Å². The first-order chi connectivity index (χ1) is 9.24. The van der Waals surface area contributed by atoms with E-state index in [0.29, 0.717) is 12.1 Å². The average molecular weight is 278 g/mol. The molecule has 0 aromatic carbocycles. The Hall–Kier alpha value is -1.82. The van der Waals surface area contributed by atoms with Crippen LogP contribution in [0.5, 0.6) is 0 Å². The molecule has 19 heavy (non-hydrogen) atoms. The normalized spacial score (nSPS) is 20.3. The third kappa shape index (κ3) is 3.14. The van der Waals surface area contributed by atoms with Gasteiger partial charge in [0.25, 0.3) is 0 Å². The van der Waals surface area contributed by atoms with Gasteiger partial charge in [-0.3, -0.25) is 14.7 Å². The summed E-state index contributed by atoms with van der Waals surface area (Å²) in [5, 5.41) is 0.159. The van der Waals surface area contributed by atoms with Crippen molar-refractivity contribution in [3.8, 4) is 0 Å². The van der Waals surface area contributed by atoms with Crippen LogP contribution in [0, 0.1) is 0 Å². The van der Waals surface area contributed by atoms with Gasteiger partial charge in [-0.2, -0.15) is 0 Å². The van der Waals surface area contributed by atoms with Gasteiger partial charge in [-0.1, -0.05) is 6.07 Å². The summed E-state index contributed by atoms with van der Waals surface area (Å²) in [5.74, 6) is 0.367. The first kappa shape index (κ1) is 13.6. The summed E-state index contributed by atoms with van der Waals surface area (Å²) in [6.07, 6.45) is 5.78. The van der Waals surface area contributed by atoms with Gasteiger partial charge in [-0.05, 0) is 18.2 Å². The van der Waals surface area contributed by atoms with Gasteiger partial charge in [0.2, 0.25) is 5.91 Å². The van der Waals surface area contributed by atoms with E-state index in [-0.39, 0.29) is 11.3 Å². The van der Waals surface area contributed by atoms with Crippen molar-refractivity contribution < 1.29 is 14.3 Å². The van der Waals surface area contributed by atoms with Crippen molar-refractivity contribution >= 4 is 23.6 Å². The van der Waals surface area contributed by atoms with Crippen LogP contribution >= 0.6 is 11.8 Å². The Morgan fingerprint density at radius 1 is 1.42 bits per heavy atom. The Labute approximate surface area is 115 Å². The van der Waals surface area contributed by atoms with Gasteiger partial charge in [0.05, 0.1) is 18.9 Å². The van der Waals surface area contributed by atoms with Gasteiger partial charge in [0.15, 0.2) is 0 Å². The molecular weight excluding hydrogens is 264 g/mol. The van der Waals surface area contributed by atoms with Crippen LogP contribution in [0.2, 0.25) is 0 Å². The number of nitrogens with zero attached hydrogens (tertiary/aromatic N) is 2. The summed E-state index contributed by atoms with van der Waals surface area (Å²) in [5.41, 5.74) is 0.405. The van der Waals surface area contributed by atoms with Crippen LogP contribution in [0.15, 0.2) is 42.4 Å². The lowest BCUT2D eigenvalue weighted by molar-refractivity contribution is -0.147. The van der Waals surface area contributed by atoms with Crippen LogP contribution in [-0.4, -0.2) is 40.0 Å². The van der Waals surface area contributed by atoms with Crippen molar-refractivity contribution in [1.82, 2.24) is 9.88 Å². The molecule has 0 spiro atoms. The predicted octanol–water partition coefficient (Wildman–Crippen LogP) is 1.43. The Balaban J connectivity index is 0.000000186. The zero-order valence-corrected chi connectivity index (χ0v) is 11.3. The minimum absolute atomic E-state index is 0.00819. The van der Waals surface area contributed by atoms with Gasteiger partial charge in [0.1, 0.15) is 5.70 Å². The molecule has 3 rings (SSSR count). The number of pyridine rings is 1. The van der Waals surface area contributed by atoms with E-state index in [1.165, 1.54) is 12.0 Å². The molecule has 0 radical (unpaired) electrons. The standard InChI is InChI=1S/C8H9NO3S.C5H5N/c1-12-8(11)5-2-3-13-7-4-6(10)9(5)7;1-2-4-6-5-3-1/h2,7H,3-4H2,1H3;1-5H/t7-;/m1./s1. The Morgan fingerprint density at radius 2 is 2.16 bits per heavy atom. The third-order valence-electron chi connectivity index (χ3n) is 2.69. The SMILES string of the molecule is COC(=O)C1=CCS[C@@H]2CC(=O)N12.c1ccncc1. The minimum Gasteiger partial charge on any atom is -0.464 e. The van der Waals surface area contributed by atoms with Crippen LogP contribution in [0.4, 0.5) is 0 Å². The van der Waals surface area contributed by atoms with E-state index < -0.39 is 5.97 Å². The predicted molar refractivity (Wildman–Crippen MR) is 72.0 cm³/mol. The molecule has 0 N–H and O–H groups in total. The second-order valence-electron chi connectivity index (χ2n) is 3.86. The Bertz CT molecular complexity index is 463. The average Bonchev–Trinajstić information content (AvgIpc) is 2.47. The number of amides is 1. The highest BCUT2D eigenvalue weighted by Gasteiger charge is 2.43. The number of esters is 1. The van der Waals surface area contributed by atoms with Gasteiger partial charge in [0, 0.05) is 18.1 Å². The molecular formula is C13H14N2O3S. The Morgan fingerprint density at radius 3 is 2.63 bits per heavy atom. The molecule has 1 aromatic rings. The summed E-state index contributed by atoms with van der Waals surface area (Å²) in [6.45, 7) is 0. The number of ether oxygens (including phenoxy) is 1. The first-order valence-electron chi connectivity index (χ1n) is 5.81. The van der Waals surface area contributed by atoms with Crippen molar-refractivity contribution in [2.75, 3.05) is 12.9 Å². The number of carbonyl (C=O) groups is 2. The summed E-state index contributed by atoms with van der Waals surface area (Å²) in [6, 6.07) is 5.72. The van der Waals surface area contributed by atoms with E-state index in [0.717, 1.165) is 5.75 Å². The van der Waals surface area contributed by atoms with Gasteiger partial charge < -0.3 is 4.74 Å². The van der Waals surface area contributed by atoms with E-state index >= 15 is 0 Å². The molecule has 6 heteroatoms. The summed E-state index contributed by atoms with van der Waals surface area (Å²) in [7, 11) is 1.32. The molecule has 0 saturated carbocycles. The zero-order valence-electron chi connectivity index (χ0n) is 10.5. The summed E-state index contributed by atoms with van der Waals surface area (Å²) >= 11 is 1.67. The molecule has 2 aliphatic rings. The van der Waals surface area contributed by atoms with E-state index in [4.69, 9.17) is 0 Å². The highest BCUT2D eigenvalue weighted by atomic mass is 32.2. The molecule has 1 fully saturated rings. The van der Waals surface area contributed by atoms with E-state index in [1.54, 1.807) is 30.2 Å². The van der Waals surface area contributed by atoms with Gasteiger partial charge in [-0.15, -0.1) is 11.8 Å². The van der Waals surface area contributed by atoms with Crippen molar-refractivity contribution in [2.45, 2.75) is 11.8 Å². The second kappa shape index (κ2) is 6.38. The maximum Gasteiger partial charge on any atom is 0.354 e. The molecule has 1 saturated heterocycles. The number of rotatable bonds is 1. The number of carbonyl (C=O) groups excluding carboxylic acids is 2. The van der Waals surface area contributed by atoms with Crippen molar-refractivity contribution in [1.29, 1.82) is 0 Å². The van der Waals surface area contributed by atoms with Crippen LogP contribution in [0.25, 0.3) is 0 Å². The Kier molecular flexibility index (Phi) is 4.57. The monoisotopic (exact) mass is 278 g/mol. The molecule has 0 bridgehead atoms. The van der Waals surface area contributed by atoms with Gasteiger partial charge in [-0.25, -0.2) is 4.79 Å².